The molecule has 1 unspecified atom stereocenters. The molecule has 0 radical (unpaired) electrons. The molecule has 0 aliphatic heterocycles. The maximum Gasteiger partial charge on any atom is 0.573 e. The second kappa shape index (κ2) is 18.0. The third-order valence-corrected chi connectivity index (χ3v) is 8.70. The number of hydrogen-bond acceptors (Lipinski definition) is 8. The van der Waals surface area contributed by atoms with Gasteiger partial charge in [-0.15, -0.1) is 13.2 Å². The van der Waals surface area contributed by atoms with Gasteiger partial charge in [-0.3, -0.25) is 0 Å². The highest BCUT2D eigenvalue weighted by molar-refractivity contribution is 5.53. The highest BCUT2D eigenvalue weighted by atomic mass is 19.4. The fourth-order valence-corrected chi connectivity index (χ4v) is 5.97. The average molecular weight is 618 g/mol. The zero-order valence-electron chi connectivity index (χ0n) is 26.4. The van der Waals surface area contributed by atoms with Gasteiger partial charge in [-0.25, -0.2) is 4.98 Å². The van der Waals surface area contributed by atoms with Crippen molar-refractivity contribution in [2.45, 2.75) is 110 Å². The maximum atomic E-state index is 12.8. The molecule has 5 N–H and O–H groups in total. The lowest BCUT2D eigenvalue weighted by Gasteiger charge is -2.28. The van der Waals surface area contributed by atoms with Gasteiger partial charge in [-0.2, -0.15) is 10.2 Å². The second-order valence-electron chi connectivity index (χ2n) is 12.3. The van der Waals surface area contributed by atoms with Gasteiger partial charge in [-0.1, -0.05) is 51.3 Å². The van der Waals surface area contributed by atoms with Crippen LogP contribution in [0.4, 0.5) is 24.9 Å². The maximum absolute atomic E-state index is 12.8. The molecule has 1 aliphatic rings. The fourth-order valence-electron chi connectivity index (χ4n) is 5.97. The third kappa shape index (κ3) is 12.5. The average Bonchev–Trinajstić information content (AvgIpc) is 3.00. The van der Waals surface area contributed by atoms with Crippen LogP contribution in [0.1, 0.15) is 96.1 Å². The molecule has 1 aromatic carbocycles. The molecule has 2 aromatic rings. The van der Waals surface area contributed by atoms with E-state index in [0.717, 1.165) is 51.0 Å². The SMILES string of the molecule is CCCC(CC[C@H](C)NCC1CCC(N)CC1)C[C@H](CC)CNc1nc(NCc2ccccc2OC(F)(F)F)ncc1C#N. The Hall–Kier alpha value is -3.10. The minimum Gasteiger partial charge on any atom is -0.405 e. The summed E-state index contributed by atoms with van der Waals surface area (Å²) in [5, 5.41) is 19.7. The number of nitriles is 1. The molecule has 3 atom stereocenters. The first-order valence-electron chi connectivity index (χ1n) is 16.2. The lowest BCUT2D eigenvalue weighted by molar-refractivity contribution is -0.274. The van der Waals surface area contributed by atoms with Crippen LogP contribution in [-0.4, -0.2) is 41.5 Å². The Kier molecular flexibility index (Phi) is 14.5. The predicted molar refractivity (Wildman–Crippen MR) is 169 cm³/mol. The van der Waals surface area contributed by atoms with Crippen molar-refractivity contribution in [3.63, 3.8) is 0 Å². The summed E-state index contributed by atoms with van der Waals surface area (Å²) in [5.41, 5.74) is 6.69. The van der Waals surface area contributed by atoms with Crippen LogP contribution in [0.25, 0.3) is 0 Å². The topological polar surface area (TPSA) is 121 Å². The molecule has 1 saturated carbocycles. The standard InChI is InChI=1S/C33H50F3N7O/c1-4-8-25(12-11-23(3)39-20-26-13-15-29(38)16-14-26)17-24(5-2)19-40-31-28(18-37)22-42-32(43-31)41-21-27-9-6-7-10-30(27)44-33(34,35)36/h6-7,9-10,22-26,29,39H,4-5,8,11-17,19-21,38H2,1-3H3,(H2,40,41,42,43)/t23-,24-,25?,26?,29?/m0/s1. The van der Waals surface area contributed by atoms with Gasteiger partial charge in [0, 0.05) is 30.7 Å². The van der Waals surface area contributed by atoms with E-state index in [1.165, 1.54) is 44.0 Å². The Morgan fingerprint density at radius 2 is 1.82 bits per heavy atom. The molecular weight excluding hydrogens is 567 g/mol. The van der Waals surface area contributed by atoms with E-state index in [1.54, 1.807) is 12.1 Å². The number of nitrogens with two attached hydrogens (primary N) is 1. The van der Waals surface area contributed by atoms with E-state index >= 15 is 0 Å². The van der Waals surface area contributed by atoms with Gasteiger partial charge >= 0.3 is 6.36 Å². The van der Waals surface area contributed by atoms with E-state index in [2.05, 4.69) is 57.5 Å². The van der Waals surface area contributed by atoms with Gasteiger partial charge in [0.1, 0.15) is 23.2 Å². The molecule has 11 heteroatoms. The Morgan fingerprint density at radius 3 is 2.50 bits per heavy atom. The molecular formula is C33H50F3N7O. The fraction of sp³-hybridized carbons (Fsp3) is 0.667. The lowest BCUT2D eigenvalue weighted by atomic mass is 9.85. The molecule has 3 rings (SSSR count). The predicted octanol–water partition coefficient (Wildman–Crippen LogP) is 7.38. The number of aromatic nitrogens is 2. The smallest absolute Gasteiger partial charge is 0.405 e. The van der Waals surface area contributed by atoms with Crippen LogP contribution < -0.4 is 26.4 Å². The van der Waals surface area contributed by atoms with Crippen molar-refractivity contribution in [2.75, 3.05) is 23.7 Å². The number of hydrogen-bond donors (Lipinski definition) is 4. The number of halogens is 3. The van der Waals surface area contributed by atoms with Crippen molar-refractivity contribution in [2.24, 2.45) is 23.5 Å². The van der Waals surface area contributed by atoms with Crippen LogP contribution >= 0.6 is 0 Å². The molecule has 1 aliphatic carbocycles. The summed E-state index contributed by atoms with van der Waals surface area (Å²) in [4.78, 5) is 8.65. The summed E-state index contributed by atoms with van der Waals surface area (Å²) in [5.74, 6) is 2.12. The van der Waals surface area contributed by atoms with E-state index < -0.39 is 6.36 Å². The van der Waals surface area contributed by atoms with Crippen molar-refractivity contribution in [3.05, 3.63) is 41.6 Å². The first-order valence-corrected chi connectivity index (χ1v) is 16.2. The van der Waals surface area contributed by atoms with Crippen molar-refractivity contribution < 1.29 is 17.9 Å². The number of rotatable bonds is 18. The van der Waals surface area contributed by atoms with Crippen LogP contribution in [0.5, 0.6) is 5.75 Å². The zero-order valence-corrected chi connectivity index (χ0v) is 26.4. The first kappa shape index (κ1) is 35.4. The van der Waals surface area contributed by atoms with E-state index in [0.29, 0.717) is 47.4 Å². The van der Waals surface area contributed by atoms with Gasteiger partial charge in [0.25, 0.3) is 0 Å². The van der Waals surface area contributed by atoms with Gasteiger partial charge < -0.3 is 26.4 Å². The van der Waals surface area contributed by atoms with Gasteiger partial charge in [0.05, 0.1) is 6.20 Å². The van der Waals surface area contributed by atoms with Crippen LogP contribution in [0, 0.1) is 29.1 Å². The minimum absolute atomic E-state index is 0.0238. The molecule has 244 valence electrons. The number of nitrogens with one attached hydrogen (secondary N) is 3. The van der Waals surface area contributed by atoms with Gasteiger partial charge in [0.15, 0.2) is 0 Å². The zero-order chi connectivity index (χ0) is 32.0. The van der Waals surface area contributed by atoms with Crippen molar-refractivity contribution in [1.82, 2.24) is 15.3 Å². The molecule has 0 saturated heterocycles. The van der Waals surface area contributed by atoms with Crippen LogP contribution in [0.15, 0.2) is 30.5 Å². The molecule has 0 amide bonds. The molecule has 1 heterocycles. The van der Waals surface area contributed by atoms with Crippen molar-refractivity contribution in [1.29, 1.82) is 5.26 Å². The molecule has 1 aromatic heterocycles. The molecule has 1 fully saturated rings. The molecule has 0 bridgehead atoms. The van der Waals surface area contributed by atoms with Crippen LogP contribution in [0.3, 0.4) is 0 Å². The van der Waals surface area contributed by atoms with E-state index in [1.807, 2.05) is 0 Å². The van der Waals surface area contributed by atoms with Crippen molar-refractivity contribution >= 4 is 11.8 Å². The Morgan fingerprint density at radius 1 is 1.07 bits per heavy atom. The van der Waals surface area contributed by atoms with Gasteiger partial charge in [0.2, 0.25) is 5.95 Å². The Bertz CT molecular complexity index is 1160. The highest BCUT2D eigenvalue weighted by Gasteiger charge is 2.32. The summed E-state index contributed by atoms with van der Waals surface area (Å²) in [7, 11) is 0. The van der Waals surface area contributed by atoms with Crippen LogP contribution in [0.2, 0.25) is 0 Å². The Labute approximate surface area is 260 Å². The lowest BCUT2D eigenvalue weighted by Crippen LogP contribution is -2.35. The van der Waals surface area contributed by atoms with E-state index in [9.17, 15) is 18.4 Å². The largest absolute Gasteiger partial charge is 0.573 e. The number of para-hydroxylation sites is 1. The second-order valence-corrected chi connectivity index (χ2v) is 12.3. The Balaban J connectivity index is 1.52. The number of benzene rings is 1. The number of ether oxygens (including phenoxy) is 1. The van der Waals surface area contributed by atoms with E-state index in [-0.39, 0.29) is 18.2 Å². The minimum atomic E-state index is -4.79. The summed E-state index contributed by atoms with van der Waals surface area (Å²) in [6, 6.07) is 8.92. The quantitative estimate of drug-likeness (QED) is 0.137. The number of anilines is 2. The molecule has 0 spiro atoms. The normalized spacial score (nSPS) is 19.0. The molecule has 8 nitrogen and oxygen atoms in total. The highest BCUT2D eigenvalue weighted by Crippen LogP contribution is 2.28. The summed E-state index contributed by atoms with van der Waals surface area (Å²) in [6.45, 7) is 8.50. The monoisotopic (exact) mass is 617 g/mol. The third-order valence-electron chi connectivity index (χ3n) is 8.70. The van der Waals surface area contributed by atoms with Crippen LogP contribution in [-0.2, 0) is 6.54 Å². The van der Waals surface area contributed by atoms with E-state index in [4.69, 9.17) is 5.73 Å². The number of alkyl halides is 3. The van der Waals surface area contributed by atoms with Gasteiger partial charge in [-0.05, 0) is 82.2 Å². The summed E-state index contributed by atoms with van der Waals surface area (Å²) >= 11 is 0. The summed E-state index contributed by atoms with van der Waals surface area (Å²) < 4.78 is 42.5. The molecule has 44 heavy (non-hydrogen) atoms. The van der Waals surface area contributed by atoms with Crippen molar-refractivity contribution in [3.8, 4) is 11.8 Å². The summed E-state index contributed by atoms with van der Waals surface area (Å²) in [6.07, 6.45) is 8.14. The number of nitrogens with zero attached hydrogens (tertiary/aromatic N) is 3. The first-order chi connectivity index (χ1) is 21.1.